The second-order valence-corrected chi connectivity index (χ2v) is 5.59. The molecule has 0 aliphatic heterocycles. The highest BCUT2D eigenvalue weighted by atomic mass is 16.5. The van der Waals surface area contributed by atoms with Crippen LogP contribution in [0.2, 0.25) is 0 Å². The van der Waals surface area contributed by atoms with Gasteiger partial charge in [0.05, 0.1) is 5.60 Å². The van der Waals surface area contributed by atoms with Gasteiger partial charge in [-0.3, -0.25) is 0 Å². The minimum Gasteiger partial charge on any atom is -0.379 e. The molecule has 1 rings (SSSR count). The molecular weight excluding hydrogens is 186 g/mol. The third-order valence-corrected chi connectivity index (χ3v) is 3.98. The zero-order valence-electron chi connectivity index (χ0n) is 11.0. The molecule has 2 atom stereocenters. The van der Waals surface area contributed by atoms with E-state index in [2.05, 4.69) is 33.1 Å². The molecule has 2 heteroatoms. The third-order valence-electron chi connectivity index (χ3n) is 3.98. The molecule has 1 N–H and O–H groups in total. The van der Waals surface area contributed by atoms with Crippen molar-refractivity contribution in [1.29, 1.82) is 0 Å². The fourth-order valence-electron chi connectivity index (χ4n) is 2.23. The quantitative estimate of drug-likeness (QED) is 0.702. The van der Waals surface area contributed by atoms with Gasteiger partial charge in [-0.25, -0.2) is 0 Å². The SMILES string of the molecule is CNC(CCC(C)(C)OC)C(C)C1CC1. The van der Waals surface area contributed by atoms with Gasteiger partial charge >= 0.3 is 0 Å². The van der Waals surface area contributed by atoms with Gasteiger partial charge < -0.3 is 10.1 Å². The monoisotopic (exact) mass is 213 g/mol. The van der Waals surface area contributed by atoms with E-state index in [1.807, 2.05) is 0 Å². The highest BCUT2D eigenvalue weighted by Crippen LogP contribution is 2.39. The van der Waals surface area contributed by atoms with Crippen molar-refractivity contribution in [2.24, 2.45) is 11.8 Å². The first-order valence-corrected chi connectivity index (χ1v) is 6.22. The van der Waals surface area contributed by atoms with E-state index < -0.39 is 0 Å². The Bertz CT molecular complexity index is 187. The number of ether oxygens (including phenoxy) is 1. The molecule has 2 unspecified atom stereocenters. The Labute approximate surface area is 94.8 Å². The van der Waals surface area contributed by atoms with Crippen LogP contribution in [0.1, 0.15) is 46.5 Å². The Morgan fingerprint density at radius 1 is 1.40 bits per heavy atom. The van der Waals surface area contributed by atoms with Crippen molar-refractivity contribution in [2.45, 2.75) is 58.1 Å². The Morgan fingerprint density at radius 2 is 2.00 bits per heavy atom. The van der Waals surface area contributed by atoms with Crippen molar-refractivity contribution in [2.75, 3.05) is 14.2 Å². The van der Waals surface area contributed by atoms with Crippen LogP contribution in [-0.2, 0) is 4.74 Å². The van der Waals surface area contributed by atoms with E-state index >= 15 is 0 Å². The standard InChI is InChI=1S/C13H27NO/c1-10(11-6-7-11)12(14-4)8-9-13(2,3)15-5/h10-12,14H,6-9H2,1-5H3. The summed E-state index contributed by atoms with van der Waals surface area (Å²) in [6, 6.07) is 0.659. The van der Waals surface area contributed by atoms with E-state index in [0.29, 0.717) is 6.04 Å². The van der Waals surface area contributed by atoms with Gasteiger partial charge in [0.2, 0.25) is 0 Å². The van der Waals surface area contributed by atoms with Crippen LogP contribution in [0, 0.1) is 11.8 Å². The van der Waals surface area contributed by atoms with Gasteiger partial charge in [0, 0.05) is 13.2 Å². The normalized spacial score (nSPS) is 21.4. The summed E-state index contributed by atoms with van der Waals surface area (Å²) in [4.78, 5) is 0. The van der Waals surface area contributed by atoms with E-state index in [1.54, 1.807) is 7.11 Å². The Balaban J connectivity index is 2.32. The number of rotatable bonds is 7. The third kappa shape index (κ3) is 4.12. The molecule has 0 spiro atoms. The van der Waals surface area contributed by atoms with Crippen molar-refractivity contribution in [3.8, 4) is 0 Å². The first-order valence-electron chi connectivity index (χ1n) is 6.22. The maximum atomic E-state index is 5.46. The lowest BCUT2D eigenvalue weighted by Crippen LogP contribution is -2.35. The predicted molar refractivity (Wildman–Crippen MR) is 65.1 cm³/mol. The summed E-state index contributed by atoms with van der Waals surface area (Å²) in [5, 5.41) is 3.46. The van der Waals surface area contributed by atoms with Gasteiger partial charge in [0.25, 0.3) is 0 Å². The molecule has 2 nitrogen and oxygen atoms in total. The molecule has 1 aliphatic rings. The lowest BCUT2D eigenvalue weighted by molar-refractivity contribution is 0.0103. The van der Waals surface area contributed by atoms with Crippen LogP contribution in [0.3, 0.4) is 0 Å². The summed E-state index contributed by atoms with van der Waals surface area (Å²) in [5.74, 6) is 1.80. The van der Waals surface area contributed by atoms with Crippen molar-refractivity contribution in [3.05, 3.63) is 0 Å². The summed E-state index contributed by atoms with van der Waals surface area (Å²) in [6.45, 7) is 6.72. The van der Waals surface area contributed by atoms with Crippen LogP contribution in [0.5, 0.6) is 0 Å². The van der Waals surface area contributed by atoms with Crippen LogP contribution in [-0.4, -0.2) is 25.8 Å². The summed E-state index contributed by atoms with van der Waals surface area (Å²) in [6.07, 6.45) is 5.22. The second-order valence-electron chi connectivity index (χ2n) is 5.59. The van der Waals surface area contributed by atoms with Gasteiger partial charge in [-0.2, -0.15) is 0 Å². The molecule has 0 aromatic rings. The largest absolute Gasteiger partial charge is 0.379 e. The number of methoxy groups -OCH3 is 1. The number of nitrogens with one attached hydrogen (secondary N) is 1. The average Bonchev–Trinajstić information content (AvgIpc) is 3.01. The Morgan fingerprint density at radius 3 is 2.40 bits per heavy atom. The Hall–Kier alpha value is -0.0800. The second kappa shape index (κ2) is 5.31. The first kappa shape index (κ1) is 13.0. The van der Waals surface area contributed by atoms with Gasteiger partial charge in [0.1, 0.15) is 0 Å². The summed E-state index contributed by atoms with van der Waals surface area (Å²) >= 11 is 0. The molecular formula is C13H27NO. The summed E-state index contributed by atoms with van der Waals surface area (Å²) < 4.78 is 5.46. The van der Waals surface area contributed by atoms with Crippen LogP contribution in [0.4, 0.5) is 0 Å². The highest BCUT2D eigenvalue weighted by molar-refractivity contribution is 4.87. The molecule has 0 aromatic carbocycles. The van der Waals surface area contributed by atoms with E-state index in [9.17, 15) is 0 Å². The summed E-state index contributed by atoms with van der Waals surface area (Å²) in [5.41, 5.74) is 0.0262. The lowest BCUT2D eigenvalue weighted by Gasteiger charge is -2.29. The number of hydrogen-bond donors (Lipinski definition) is 1. The van der Waals surface area contributed by atoms with Crippen molar-refractivity contribution >= 4 is 0 Å². The van der Waals surface area contributed by atoms with Gasteiger partial charge in [0.15, 0.2) is 0 Å². The van der Waals surface area contributed by atoms with Crippen LogP contribution in [0.15, 0.2) is 0 Å². The molecule has 0 heterocycles. The van der Waals surface area contributed by atoms with Crippen molar-refractivity contribution in [1.82, 2.24) is 5.32 Å². The zero-order chi connectivity index (χ0) is 11.5. The molecule has 0 amide bonds. The molecule has 1 saturated carbocycles. The maximum absolute atomic E-state index is 5.46. The molecule has 15 heavy (non-hydrogen) atoms. The van der Waals surface area contributed by atoms with E-state index in [1.165, 1.54) is 19.3 Å². The molecule has 0 saturated heterocycles. The molecule has 0 bridgehead atoms. The fraction of sp³-hybridized carbons (Fsp3) is 1.00. The average molecular weight is 213 g/mol. The smallest absolute Gasteiger partial charge is 0.0623 e. The minimum absolute atomic E-state index is 0.0262. The maximum Gasteiger partial charge on any atom is 0.0623 e. The van der Waals surface area contributed by atoms with Gasteiger partial charge in [-0.05, 0) is 58.4 Å². The Kier molecular flexibility index (Phi) is 4.60. The van der Waals surface area contributed by atoms with E-state index in [0.717, 1.165) is 18.3 Å². The van der Waals surface area contributed by atoms with E-state index in [-0.39, 0.29) is 5.60 Å². The molecule has 90 valence electrons. The zero-order valence-corrected chi connectivity index (χ0v) is 11.0. The van der Waals surface area contributed by atoms with E-state index in [4.69, 9.17) is 4.74 Å². The predicted octanol–water partition coefficient (Wildman–Crippen LogP) is 2.83. The molecule has 1 fully saturated rings. The van der Waals surface area contributed by atoms with Crippen LogP contribution < -0.4 is 5.32 Å². The minimum atomic E-state index is 0.0262. The van der Waals surface area contributed by atoms with Crippen LogP contribution >= 0.6 is 0 Å². The van der Waals surface area contributed by atoms with Gasteiger partial charge in [-0.15, -0.1) is 0 Å². The topological polar surface area (TPSA) is 21.3 Å². The van der Waals surface area contributed by atoms with Crippen LogP contribution in [0.25, 0.3) is 0 Å². The summed E-state index contributed by atoms with van der Waals surface area (Å²) in [7, 11) is 3.89. The van der Waals surface area contributed by atoms with Gasteiger partial charge in [-0.1, -0.05) is 6.92 Å². The van der Waals surface area contributed by atoms with Crippen molar-refractivity contribution in [3.63, 3.8) is 0 Å². The molecule has 0 aromatic heterocycles. The molecule has 0 radical (unpaired) electrons. The number of hydrogen-bond acceptors (Lipinski definition) is 2. The highest BCUT2D eigenvalue weighted by Gasteiger charge is 2.33. The van der Waals surface area contributed by atoms with Crippen molar-refractivity contribution < 1.29 is 4.74 Å². The fourth-order valence-corrected chi connectivity index (χ4v) is 2.23. The lowest BCUT2D eigenvalue weighted by atomic mass is 9.89. The first-order chi connectivity index (χ1) is 7.00. The molecule has 1 aliphatic carbocycles.